The third-order valence-corrected chi connectivity index (χ3v) is 5.78. The van der Waals surface area contributed by atoms with E-state index in [9.17, 15) is 5.11 Å². The molecule has 0 bridgehead atoms. The van der Waals surface area contributed by atoms with Crippen LogP contribution < -0.4 is 5.32 Å². The van der Waals surface area contributed by atoms with Gasteiger partial charge >= 0.3 is 0 Å². The molecule has 1 aliphatic heterocycles. The molecule has 4 nitrogen and oxygen atoms in total. The van der Waals surface area contributed by atoms with Gasteiger partial charge in [-0.25, -0.2) is 0 Å². The molecule has 1 aromatic heterocycles. The molecule has 0 fully saturated rings. The van der Waals surface area contributed by atoms with Crippen molar-refractivity contribution in [1.29, 1.82) is 0 Å². The number of aromatic nitrogens is 1. The zero-order chi connectivity index (χ0) is 20.2. The molecule has 29 heavy (non-hydrogen) atoms. The summed E-state index contributed by atoms with van der Waals surface area (Å²) >= 11 is 0. The lowest BCUT2D eigenvalue weighted by Crippen LogP contribution is -2.36. The fraction of sp³-hybridized carbons (Fsp3) is 0.320. The molecule has 0 radical (unpaired) electrons. The molecule has 0 amide bonds. The monoisotopic (exact) mass is 387 g/mol. The number of pyridine rings is 1. The van der Waals surface area contributed by atoms with E-state index in [1.54, 1.807) is 0 Å². The van der Waals surface area contributed by atoms with E-state index in [4.69, 9.17) is 0 Å². The molecule has 2 atom stereocenters. The first-order valence-electron chi connectivity index (χ1n) is 10.3. The SMILES string of the molecule is C=C(NCC(O)CN1Cc2ccccc2C1)C(C)Cc1cccc2cccnc12. The second-order valence-corrected chi connectivity index (χ2v) is 8.10. The Bertz CT molecular complexity index is 970. The third-order valence-electron chi connectivity index (χ3n) is 5.78. The van der Waals surface area contributed by atoms with Gasteiger partial charge in [-0.05, 0) is 35.1 Å². The van der Waals surface area contributed by atoms with E-state index < -0.39 is 6.10 Å². The van der Waals surface area contributed by atoms with Crippen LogP contribution in [0.5, 0.6) is 0 Å². The van der Waals surface area contributed by atoms with Gasteiger partial charge < -0.3 is 10.4 Å². The summed E-state index contributed by atoms with van der Waals surface area (Å²) in [6, 6.07) is 18.9. The standard InChI is InChI=1S/C25H29N3O/c1-18(13-21-10-5-9-20-11-6-12-26-25(20)21)19(2)27-14-24(29)17-28-15-22-7-3-4-8-23(22)16-28/h3-12,18,24,27,29H,2,13-17H2,1H3. The number of aliphatic hydroxyl groups excluding tert-OH is 1. The largest absolute Gasteiger partial charge is 0.390 e. The molecule has 2 unspecified atom stereocenters. The number of nitrogens with one attached hydrogen (secondary N) is 1. The van der Waals surface area contributed by atoms with Gasteiger partial charge in [0.2, 0.25) is 0 Å². The fourth-order valence-electron chi connectivity index (χ4n) is 4.10. The van der Waals surface area contributed by atoms with E-state index >= 15 is 0 Å². The molecule has 0 saturated heterocycles. The predicted octanol–water partition coefficient (Wildman–Crippen LogP) is 3.89. The summed E-state index contributed by atoms with van der Waals surface area (Å²) < 4.78 is 0. The molecular weight excluding hydrogens is 358 g/mol. The molecule has 2 aromatic carbocycles. The summed E-state index contributed by atoms with van der Waals surface area (Å²) in [6.45, 7) is 9.39. The van der Waals surface area contributed by atoms with E-state index in [2.05, 4.69) is 77.2 Å². The molecule has 4 heteroatoms. The van der Waals surface area contributed by atoms with Crippen LogP contribution in [0.3, 0.4) is 0 Å². The maximum atomic E-state index is 10.5. The summed E-state index contributed by atoms with van der Waals surface area (Å²) in [4.78, 5) is 6.84. The van der Waals surface area contributed by atoms with Crippen molar-refractivity contribution in [3.05, 3.63) is 89.8 Å². The minimum Gasteiger partial charge on any atom is -0.390 e. The van der Waals surface area contributed by atoms with Gasteiger partial charge in [-0.3, -0.25) is 9.88 Å². The molecule has 0 spiro atoms. The van der Waals surface area contributed by atoms with E-state index in [0.717, 1.165) is 36.1 Å². The normalized spacial score (nSPS) is 15.8. The average Bonchev–Trinajstić information content (AvgIpc) is 3.14. The van der Waals surface area contributed by atoms with Crippen molar-refractivity contribution in [2.24, 2.45) is 5.92 Å². The lowest BCUT2D eigenvalue weighted by molar-refractivity contribution is 0.112. The van der Waals surface area contributed by atoms with Crippen molar-refractivity contribution in [1.82, 2.24) is 15.2 Å². The first-order chi connectivity index (χ1) is 14.1. The van der Waals surface area contributed by atoms with Gasteiger partial charge in [-0.15, -0.1) is 0 Å². The van der Waals surface area contributed by atoms with Gasteiger partial charge in [-0.1, -0.05) is 62.0 Å². The Kier molecular flexibility index (Phi) is 5.93. The third kappa shape index (κ3) is 4.66. The van der Waals surface area contributed by atoms with E-state index in [-0.39, 0.29) is 5.92 Å². The fourth-order valence-corrected chi connectivity index (χ4v) is 4.10. The molecule has 3 aromatic rings. The number of allylic oxidation sites excluding steroid dienone is 1. The highest BCUT2D eigenvalue weighted by Crippen LogP contribution is 2.23. The molecule has 2 N–H and O–H groups in total. The molecule has 1 aliphatic rings. The summed E-state index contributed by atoms with van der Waals surface area (Å²) in [5, 5.41) is 15.0. The number of aliphatic hydroxyl groups is 1. The predicted molar refractivity (Wildman–Crippen MR) is 118 cm³/mol. The number of benzene rings is 2. The van der Waals surface area contributed by atoms with Crippen molar-refractivity contribution >= 4 is 10.9 Å². The molecule has 0 saturated carbocycles. The van der Waals surface area contributed by atoms with Crippen LogP contribution in [0.4, 0.5) is 0 Å². The van der Waals surface area contributed by atoms with Gasteiger partial charge in [0, 0.05) is 43.5 Å². The number of rotatable bonds is 8. The van der Waals surface area contributed by atoms with Crippen LogP contribution in [0.1, 0.15) is 23.6 Å². The number of hydrogen-bond acceptors (Lipinski definition) is 4. The summed E-state index contributed by atoms with van der Waals surface area (Å²) in [5.74, 6) is 0.255. The minimum atomic E-state index is -0.424. The lowest BCUT2D eigenvalue weighted by atomic mass is 9.96. The highest BCUT2D eigenvalue weighted by Gasteiger charge is 2.21. The van der Waals surface area contributed by atoms with Crippen molar-refractivity contribution in [2.75, 3.05) is 13.1 Å². The van der Waals surface area contributed by atoms with Crippen LogP contribution in [0, 0.1) is 5.92 Å². The van der Waals surface area contributed by atoms with Gasteiger partial charge in [-0.2, -0.15) is 0 Å². The zero-order valence-corrected chi connectivity index (χ0v) is 17.0. The molecule has 2 heterocycles. The smallest absolute Gasteiger partial charge is 0.0839 e. The maximum absolute atomic E-state index is 10.5. The molecule has 0 aliphatic carbocycles. The Morgan fingerprint density at radius 2 is 1.83 bits per heavy atom. The van der Waals surface area contributed by atoms with E-state index in [1.165, 1.54) is 16.7 Å². The molecule has 4 rings (SSSR count). The van der Waals surface area contributed by atoms with Crippen molar-refractivity contribution in [2.45, 2.75) is 32.5 Å². The van der Waals surface area contributed by atoms with Gasteiger partial charge in [0.05, 0.1) is 11.6 Å². The summed E-state index contributed by atoms with van der Waals surface area (Å²) in [5.41, 5.74) is 5.99. The number of β-amino-alcohol motifs (C(OH)–C–C–N with tert-alkyl or cyclic N) is 1. The highest BCUT2D eigenvalue weighted by atomic mass is 16.3. The van der Waals surface area contributed by atoms with Gasteiger partial charge in [0.1, 0.15) is 0 Å². The lowest BCUT2D eigenvalue weighted by Gasteiger charge is -2.23. The number of hydrogen-bond donors (Lipinski definition) is 2. The van der Waals surface area contributed by atoms with Crippen LogP contribution in [-0.4, -0.2) is 34.2 Å². The Hall–Kier alpha value is -2.69. The van der Waals surface area contributed by atoms with Gasteiger partial charge in [0.25, 0.3) is 0 Å². The Balaban J connectivity index is 1.27. The quantitative estimate of drug-likeness (QED) is 0.616. The average molecular weight is 388 g/mol. The minimum absolute atomic E-state index is 0.255. The maximum Gasteiger partial charge on any atom is 0.0839 e. The van der Waals surface area contributed by atoms with Crippen LogP contribution in [-0.2, 0) is 19.5 Å². The topological polar surface area (TPSA) is 48.4 Å². The highest BCUT2D eigenvalue weighted by molar-refractivity contribution is 5.81. The summed E-state index contributed by atoms with van der Waals surface area (Å²) in [7, 11) is 0. The van der Waals surface area contributed by atoms with Crippen molar-refractivity contribution < 1.29 is 5.11 Å². The number of para-hydroxylation sites is 1. The Morgan fingerprint density at radius 1 is 1.10 bits per heavy atom. The van der Waals surface area contributed by atoms with Gasteiger partial charge in [0.15, 0.2) is 0 Å². The van der Waals surface area contributed by atoms with Crippen molar-refractivity contribution in [3.63, 3.8) is 0 Å². The van der Waals surface area contributed by atoms with E-state index in [1.807, 2.05) is 12.3 Å². The first kappa shape index (κ1) is 19.6. The first-order valence-corrected chi connectivity index (χ1v) is 10.3. The summed E-state index contributed by atoms with van der Waals surface area (Å²) in [6.07, 6.45) is 2.29. The van der Waals surface area contributed by atoms with Crippen LogP contribution in [0.25, 0.3) is 10.9 Å². The van der Waals surface area contributed by atoms with Crippen LogP contribution in [0.15, 0.2) is 73.1 Å². The second kappa shape index (κ2) is 8.76. The van der Waals surface area contributed by atoms with Crippen molar-refractivity contribution in [3.8, 4) is 0 Å². The van der Waals surface area contributed by atoms with Crippen LogP contribution in [0.2, 0.25) is 0 Å². The zero-order valence-electron chi connectivity index (χ0n) is 17.0. The Morgan fingerprint density at radius 3 is 2.59 bits per heavy atom. The molecular formula is C25H29N3O. The number of nitrogens with zero attached hydrogens (tertiary/aromatic N) is 2. The Labute approximate surface area is 172 Å². The second-order valence-electron chi connectivity index (χ2n) is 8.10. The molecule has 150 valence electrons. The van der Waals surface area contributed by atoms with Crippen LogP contribution >= 0.6 is 0 Å². The number of fused-ring (bicyclic) bond motifs is 2. The van der Waals surface area contributed by atoms with E-state index in [0.29, 0.717) is 13.1 Å².